The Bertz CT molecular complexity index is 1030. The van der Waals surface area contributed by atoms with E-state index >= 15 is 0 Å². The SMILES string of the molecule is COc1cc(C)cc2oc(=O)c(CC(=O)N[C@@H](CCCNC(N)=O)C(=O)[O-])c(C)c12. The van der Waals surface area contributed by atoms with Crippen LogP contribution in [-0.4, -0.2) is 37.6 Å². The molecule has 0 aliphatic rings. The predicted octanol–water partition coefficient (Wildman–Crippen LogP) is -0.356. The fraction of sp³-hybridized carbons (Fsp3) is 0.400. The van der Waals surface area contributed by atoms with Gasteiger partial charge in [-0.15, -0.1) is 0 Å². The van der Waals surface area contributed by atoms with Crippen LogP contribution in [0.25, 0.3) is 11.0 Å². The van der Waals surface area contributed by atoms with E-state index in [-0.39, 0.29) is 31.4 Å². The zero-order valence-electron chi connectivity index (χ0n) is 17.0. The van der Waals surface area contributed by atoms with E-state index in [0.29, 0.717) is 22.3 Å². The molecule has 1 heterocycles. The summed E-state index contributed by atoms with van der Waals surface area (Å²) in [5.41, 5.74) is 6.06. The van der Waals surface area contributed by atoms with Crippen LogP contribution in [0.5, 0.6) is 5.75 Å². The first-order chi connectivity index (χ1) is 14.1. The van der Waals surface area contributed by atoms with Crippen molar-refractivity contribution in [1.29, 1.82) is 0 Å². The van der Waals surface area contributed by atoms with Gasteiger partial charge in [0, 0.05) is 6.54 Å². The van der Waals surface area contributed by atoms with Crippen LogP contribution in [0.1, 0.15) is 29.5 Å². The van der Waals surface area contributed by atoms with Gasteiger partial charge in [0.2, 0.25) is 5.91 Å². The first-order valence-electron chi connectivity index (χ1n) is 9.28. The summed E-state index contributed by atoms with van der Waals surface area (Å²) >= 11 is 0. The average molecular weight is 418 g/mol. The highest BCUT2D eigenvalue weighted by Gasteiger charge is 2.20. The molecule has 0 aliphatic carbocycles. The van der Waals surface area contributed by atoms with Crippen LogP contribution in [0.2, 0.25) is 0 Å². The van der Waals surface area contributed by atoms with Crippen LogP contribution in [0.15, 0.2) is 21.3 Å². The Labute approximate surface area is 172 Å². The molecule has 10 heteroatoms. The minimum atomic E-state index is -1.47. The van der Waals surface area contributed by atoms with Crippen LogP contribution in [0, 0.1) is 13.8 Å². The summed E-state index contributed by atoms with van der Waals surface area (Å²) in [7, 11) is 1.49. The maximum Gasteiger partial charge on any atom is 0.340 e. The normalized spacial score (nSPS) is 11.7. The molecule has 30 heavy (non-hydrogen) atoms. The molecular formula is C20H24N3O7-. The summed E-state index contributed by atoms with van der Waals surface area (Å²) in [6, 6.07) is 1.47. The molecule has 0 aliphatic heterocycles. The number of ether oxygens (including phenoxy) is 1. The predicted molar refractivity (Wildman–Crippen MR) is 106 cm³/mol. The Morgan fingerprint density at radius 2 is 1.97 bits per heavy atom. The number of aliphatic carboxylic acids is 1. The minimum Gasteiger partial charge on any atom is -0.548 e. The van der Waals surface area contributed by atoms with Crippen molar-refractivity contribution in [3.63, 3.8) is 0 Å². The van der Waals surface area contributed by atoms with Crippen LogP contribution < -0.4 is 31.8 Å². The van der Waals surface area contributed by atoms with Gasteiger partial charge in [-0.25, -0.2) is 9.59 Å². The van der Waals surface area contributed by atoms with Crippen LogP contribution >= 0.6 is 0 Å². The molecule has 2 rings (SSSR count). The van der Waals surface area contributed by atoms with Gasteiger partial charge in [0.15, 0.2) is 0 Å². The number of carboxylic acids is 1. The lowest BCUT2D eigenvalue weighted by Crippen LogP contribution is -2.48. The van der Waals surface area contributed by atoms with E-state index in [9.17, 15) is 24.3 Å². The number of hydrogen-bond donors (Lipinski definition) is 3. The number of rotatable bonds is 9. The summed E-state index contributed by atoms with van der Waals surface area (Å²) in [4.78, 5) is 46.8. The van der Waals surface area contributed by atoms with E-state index in [4.69, 9.17) is 14.9 Å². The molecule has 3 amide bonds. The first-order valence-corrected chi connectivity index (χ1v) is 9.28. The van der Waals surface area contributed by atoms with Gasteiger partial charge in [0.25, 0.3) is 0 Å². The number of urea groups is 1. The number of carbonyl (C=O) groups excluding carboxylic acids is 3. The van der Waals surface area contributed by atoms with Crippen molar-refractivity contribution in [3.05, 3.63) is 39.2 Å². The lowest BCUT2D eigenvalue weighted by atomic mass is 10.0. The van der Waals surface area contributed by atoms with Crippen molar-refractivity contribution < 1.29 is 28.6 Å². The Balaban J connectivity index is 2.21. The summed E-state index contributed by atoms with van der Waals surface area (Å²) < 4.78 is 10.7. The van der Waals surface area contributed by atoms with E-state index < -0.39 is 29.6 Å². The molecule has 0 saturated heterocycles. The Hall–Kier alpha value is -3.56. The number of benzene rings is 1. The zero-order chi connectivity index (χ0) is 22.4. The number of fused-ring (bicyclic) bond motifs is 1. The smallest absolute Gasteiger partial charge is 0.340 e. The first kappa shape index (κ1) is 22.7. The second kappa shape index (κ2) is 9.77. The van der Waals surface area contributed by atoms with Crippen molar-refractivity contribution in [2.24, 2.45) is 5.73 Å². The number of aryl methyl sites for hydroxylation is 2. The molecule has 0 spiro atoms. The monoisotopic (exact) mass is 418 g/mol. The van der Waals surface area contributed by atoms with E-state index in [0.717, 1.165) is 5.56 Å². The summed E-state index contributed by atoms with van der Waals surface area (Å²) in [5, 5.41) is 16.5. The maximum atomic E-state index is 12.4. The molecule has 1 atom stereocenters. The van der Waals surface area contributed by atoms with E-state index in [1.807, 2.05) is 6.92 Å². The highest BCUT2D eigenvalue weighted by atomic mass is 16.5. The molecule has 0 fully saturated rings. The summed E-state index contributed by atoms with van der Waals surface area (Å²) in [5.74, 6) is -1.64. The van der Waals surface area contributed by atoms with Gasteiger partial charge in [0.05, 0.1) is 36.5 Å². The average Bonchev–Trinajstić information content (AvgIpc) is 2.66. The molecule has 0 saturated carbocycles. The molecule has 1 aromatic carbocycles. The topological polar surface area (TPSA) is 164 Å². The molecule has 0 radical (unpaired) electrons. The third kappa shape index (κ3) is 5.49. The molecule has 162 valence electrons. The number of primary amides is 1. The van der Waals surface area contributed by atoms with Gasteiger partial charge in [-0.3, -0.25) is 4.79 Å². The second-order valence-corrected chi connectivity index (χ2v) is 6.88. The van der Waals surface area contributed by atoms with Crippen molar-refractivity contribution >= 4 is 28.9 Å². The maximum absolute atomic E-state index is 12.4. The molecule has 0 unspecified atom stereocenters. The lowest BCUT2D eigenvalue weighted by Gasteiger charge is -2.20. The van der Waals surface area contributed by atoms with E-state index in [1.54, 1.807) is 19.1 Å². The molecule has 0 bridgehead atoms. The molecule has 1 aromatic heterocycles. The minimum absolute atomic E-state index is 0.0206. The molecular weight excluding hydrogens is 394 g/mol. The van der Waals surface area contributed by atoms with E-state index in [2.05, 4.69) is 10.6 Å². The fourth-order valence-corrected chi connectivity index (χ4v) is 3.17. The van der Waals surface area contributed by atoms with Crippen molar-refractivity contribution in [1.82, 2.24) is 10.6 Å². The Morgan fingerprint density at radius 1 is 1.27 bits per heavy atom. The number of hydrogen-bond acceptors (Lipinski definition) is 7. The van der Waals surface area contributed by atoms with Crippen LogP contribution in [0.3, 0.4) is 0 Å². The van der Waals surface area contributed by atoms with E-state index in [1.165, 1.54) is 7.11 Å². The second-order valence-electron chi connectivity index (χ2n) is 6.88. The van der Waals surface area contributed by atoms with Crippen molar-refractivity contribution in [3.8, 4) is 5.75 Å². The van der Waals surface area contributed by atoms with Gasteiger partial charge >= 0.3 is 11.7 Å². The van der Waals surface area contributed by atoms with Gasteiger partial charge in [-0.1, -0.05) is 0 Å². The Kier molecular flexibility index (Phi) is 7.40. The Morgan fingerprint density at radius 3 is 2.57 bits per heavy atom. The number of carboxylic acid groups (broad SMARTS) is 1. The van der Waals surface area contributed by atoms with Crippen molar-refractivity contribution in [2.45, 2.75) is 39.2 Å². The number of carbonyl (C=O) groups is 3. The largest absolute Gasteiger partial charge is 0.548 e. The number of amides is 3. The molecule has 10 nitrogen and oxygen atoms in total. The standard InChI is InChI=1S/C20H25N3O7/c1-10-7-14(29-3)17-11(2)12(19(27)30-15(17)8-10)9-16(24)23-13(18(25)26)5-4-6-22-20(21)28/h7-8,13H,4-6,9H2,1-3H3,(H,23,24)(H,25,26)(H3,21,22,28)/p-1/t13-/m0/s1. The fourth-order valence-electron chi connectivity index (χ4n) is 3.17. The number of methoxy groups -OCH3 is 1. The van der Waals surface area contributed by atoms with Gasteiger partial charge in [0.1, 0.15) is 11.3 Å². The number of nitrogens with one attached hydrogen (secondary N) is 2. The van der Waals surface area contributed by atoms with Gasteiger partial charge in [-0.2, -0.15) is 0 Å². The zero-order valence-corrected chi connectivity index (χ0v) is 17.0. The van der Waals surface area contributed by atoms with Gasteiger partial charge in [-0.05, 0) is 49.9 Å². The highest BCUT2D eigenvalue weighted by Crippen LogP contribution is 2.30. The number of nitrogens with two attached hydrogens (primary N) is 1. The van der Waals surface area contributed by atoms with Crippen molar-refractivity contribution in [2.75, 3.05) is 13.7 Å². The summed E-state index contributed by atoms with van der Waals surface area (Å²) in [6.07, 6.45) is -0.0905. The third-order valence-electron chi connectivity index (χ3n) is 4.63. The molecule has 2 aromatic rings. The highest BCUT2D eigenvalue weighted by molar-refractivity contribution is 5.90. The van der Waals surface area contributed by atoms with Crippen LogP contribution in [0.4, 0.5) is 4.79 Å². The lowest BCUT2D eigenvalue weighted by molar-refractivity contribution is -0.308. The molecule has 4 N–H and O–H groups in total. The van der Waals surface area contributed by atoms with Crippen LogP contribution in [-0.2, 0) is 16.0 Å². The van der Waals surface area contributed by atoms with Gasteiger partial charge < -0.3 is 35.4 Å². The third-order valence-corrected chi connectivity index (χ3v) is 4.63. The summed E-state index contributed by atoms with van der Waals surface area (Å²) in [6.45, 7) is 3.66. The quantitative estimate of drug-likeness (QED) is 0.370.